The van der Waals surface area contributed by atoms with Crippen LogP contribution in [0.3, 0.4) is 0 Å². The van der Waals surface area contributed by atoms with Crippen molar-refractivity contribution in [2.75, 3.05) is 13.1 Å². The molecule has 132 valence electrons. The van der Waals surface area contributed by atoms with Crippen molar-refractivity contribution in [2.45, 2.75) is 22.6 Å². The molecule has 5 rings (SSSR count). The van der Waals surface area contributed by atoms with Gasteiger partial charge in [0.25, 0.3) is 0 Å². The number of fused-ring (bicyclic) bond motifs is 3. The highest BCUT2D eigenvalue weighted by Crippen LogP contribution is 2.46. The fourth-order valence-corrected chi connectivity index (χ4v) is 6.40. The number of benzene rings is 1. The molecule has 2 atom stereocenters. The van der Waals surface area contributed by atoms with Gasteiger partial charge in [-0.15, -0.1) is 0 Å². The van der Waals surface area contributed by atoms with E-state index >= 15 is 0 Å². The van der Waals surface area contributed by atoms with Gasteiger partial charge in [-0.2, -0.15) is 0 Å². The molecule has 26 heavy (non-hydrogen) atoms. The van der Waals surface area contributed by atoms with E-state index in [1.54, 1.807) is 31.0 Å². The molecule has 2 aliphatic heterocycles. The lowest BCUT2D eigenvalue weighted by atomic mass is 9.95. The molecule has 0 N–H and O–H groups in total. The van der Waals surface area contributed by atoms with Crippen LogP contribution >= 0.6 is 0 Å². The van der Waals surface area contributed by atoms with Crippen LogP contribution in [0.15, 0.2) is 70.6 Å². The molecule has 0 amide bonds. The maximum Gasteiger partial charge on any atom is 0.183 e. The molecule has 3 aromatic rings. The lowest BCUT2D eigenvalue weighted by molar-refractivity contribution is 0.325. The van der Waals surface area contributed by atoms with E-state index in [2.05, 4.69) is 9.88 Å². The molecule has 1 saturated heterocycles. The first-order valence-electron chi connectivity index (χ1n) is 8.64. The van der Waals surface area contributed by atoms with Gasteiger partial charge >= 0.3 is 0 Å². The molecule has 0 spiro atoms. The van der Waals surface area contributed by atoms with Crippen LogP contribution in [0.2, 0.25) is 0 Å². The van der Waals surface area contributed by atoms with Crippen molar-refractivity contribution < 1.29 is 12.8 Å². The fraction of sp³-hybridized carbons (Fsp3) is 0.250. The number of rotatable bonds is 3. The molecule has 1 aromatic carbocycles. The molecule has 2 aliphatic rings. The second-order valence-electron chi connectivity index (χ2n) is 7.00. The first-order chi connectivity index (χ1) is 12.6. The Bertz CT molecular complexity index is 1050. The van der Waals surface area contributed by atoms with E-state index in [9.17, 15) is 8.42 Å². The monoisotopic (exact) mass is 366 g/mol. The summed E-state index contributed by atoms with van der Waals surface area (Å²) in [7, 11) is -3.27. The molecular formula is C20H18N2O3S. The number of aromatic nitrogens is 1. The Kier molecular flexibility index (Phi) is 3.52. The van der Waals surface area contributed by atoms with Crippen molar-refractivity contribution in [3.63, 3.8) is 0 Å². The van der Waals surface area contributed by atoms with Crippen molar-refractivity contribution in [2.24, 2.45) is 0 Å². The summed E-state index contributed by atoms with van der Waals surface area (Å²) in [5.41, 5.74) is 4.08. The Balaban J connectivity index is 1.49. The van der Waals surface area contributed by atoms with E-state index in [1.165, 1.54) is 0 Å². The van der Waals surface area contributed by atoms with E-state index in [1.807, 2.05) is 30.3 Å². The van der Waals surface area contributed by atoms with E-state index in [4.69, 9.17) is 4.42 Å². The van der Waals surface area contributed by atoms with E-state index in [0.29, 0.717) is 11.4 Å². The zero-order valence-corrected chi connectivity index (χ0v) is 14.9. The molecular weight excluding hydrogens is 348 g/mol. The van der Waals surface area contributed by atoms with Crippen LogP contribution in [0, 0.1) is 0 Å². The van der Waals surface area contributed by atoms with Crippen LogP contribution in [-0.4, -0.2) is 36.6 Å². The summed E-state index contributed by atoms with van der Waals surface area (Å²) in [4.78, 5) is 6.78. The predicted molar refractivity (Wildman–Crippen MR) is 97.4 cm³/mol. The van der Waals surface area contributed by atoms with Crippen molar-refractivity contribution in [3.8, 4) is 11.1 Å². The topological polar surface area (TPSA) is 63.4 Å². The van der Waals surface area contributed by atoms with Crippen molar-refractivity contribution >= 4 is 9.84 Å². The molecule has 2 aromatic heterocycles. The molecule has 1 fully saturated rings. The molecule has 5 nitrogen and oxygen atoms in total. The molecule has 6 heteroatoms. The van der Waals surface area contributed by atoms with Crippen molar-refractivity contribution in [1.82, 2.24) is 9.88 Å². The van der Waals surface area contributed by atoms with Gasteiger partial charge in [0.1, 0.15) is 0 Å². The summed E-state index contributed by atoms with van der Waals surface area (Å²) in [5, 5.41) is -0.348. The lowest BCUT2D eigenvalue weighted by Gasteiger charge is -2.17. The van der Waals surface area contributed by atoms with Gasteiger partial charge < -0.3 is 4.42 Å². The van der Waals surface area contributed by atoms with E-state index in [-0.39, 0.29) is 11.2 Å². The Morgan fingerprint density at radius 2 is 1.92 bits per heavy atom. The van der Waals surface area contributed by atoms with Crippen LogP contribution in [0.1, 0.15) is 17.0 Å². The van der Waals surface area contributed by atoms with Gasteiger partial charge in [0.2, 0.25) is 0 Å². The van der Waals surface area contributed by atoms with Gasteiger partial charge in [-0.05, 0) is 47.0 Å². The summed E-state index contributed by atoms with van der Waals surface area (Å²) in [5.74, 6) is 0.0312. The van der Waals surface area contributed by atoms with Gasteiger partial charge in [0.15, 0.2) is 9.84 Å². The van der Waals surface area contributed by atoms with Gasteiger partial charge in [0.05, 0.1) is 22.7 Å². The highest BCUT2D eigenvalue weighted by atomic mass is 32.2. The minimum Gasteiger partial charge on any atom is -0.472 e. The van der Waals surface area contributed by atoms with E-state index < -0.39 is 9.84 Å². The standard InChI is InChI=1S/C20H18N2O3S/c23-26(24)19-2-1-15(16-5-8-25-13-16)9-17(19)18-11-22(12-20(18)26)10-14-3-6-21-7-4-14/h1-9,13,18,20H,10-12H2. The third-order valence-corrected chi connectivity index (χ3v) is 7.73. The predicted octanol–water partition coefficient (Wildman–Crippen LogP) is 3.10. The molecule has 0 radical (unpaired) electrons. The minimum atomic E-state index is -3.27. The third-order valence-electron chi connectivity index (χ3n) is 5.47. The van der Waals surface area contributed by atoms with Gasteiger partial charge in [-0.25, -0.2) is 8.42 Å². The maximum atomic E-state index is 13.0. The van der Waals surface area contributed by atoms with Crippen LogP contribution in [0.4, 0.5) is 0 Å². The second-order valence-corrected chi connectivity index (χ2v) is 9.14. The second kappa shape index (κ2) is 5.79. The quantitative estimate of drug-likeness (QED) is 0.713. The van der Waals surface area contributed by atoms with Crippen molar-refractivity contribution in [3.05, 3.63) is 72.4 Å². The Labute approximate surface area is 152 Å². The lowest BCUT2D eigenvalue weighted by Crippen LogP contribution is -2.25. The maximum absolute atomic E-state index is 13.0. The third kappa shape index (κ3) is 2.40. The number of likely N-dealkylation sites (tertiary alicyclic amines) is 1. The number of furan rings is 1. The van der Waals surface area contributed by atoms with Crippen LogP contribution in [0.5, 0.6) is 0 Å². The number of nitrogens with zero attached hydrogens (tertiary/aromatic N) is 2. The Hall–Kier alpha value is -2.44. The smallest absolute Gasteiger partial charge is 0.183 e. The first kappa shape index (κ1) is 15.8. The van der Waals surface area contributed by atoms with Crippen LogP contribution in [0.25, 0.3) is 11.1 Å². The van der Waals surface area contributed by atoms with Gasteiger partial charge in [-0.1, -0.05) is 6.07 Å². The van der Waals surface area contributed by atoms with Gasteiger partial charge in [0, 0.05) is 43.5 Å². The summed E-state index contributed by atoms with van der Waals surface area (Å²) in [6.07, 6.45) is 6.87. The highest BCUT2D eigenvalue weighted by Gasteiger charge is 2.50. The number of pyridine rings is 1. The number of hydrogen-bond donors (Lipinski definition) is 0. The molecule has 0 saturated carbocycles. The molecule has 2 unspecified atom stereocenters. The summed E-state index contributed by atoms with van der Waals surface area (Å²) < 4.78 is 31.2. The highest BCUT2D eigenvalue weighted by molar-refractivity contribution is 7.92. The summed E-state index contributed by atoms with van der Waals surface area (Å²) in [6.45, 7) is 2.08. The zero-order chi connectivity index (χ0) is 17.7. The molecule has 0 aliphatic carbocycles. The van der Waals surface area contributed by atoms with E-state index in [0.717, 1.165) is 35.3 Å². The average Bonchev–Trinajstić information content (AvgIpc) is 3.35. The summed E-state index contributed by atoms with van der Waals surface area (Å²) in [6, 6.07) is 11.5. The SMILES string of the molecule is O=S1(=O)c2ccc(-c3ccoc3)cc2C2CN(Cc3ccncc3)CC21. The largest absolute Gasteiger partial charge is 0.472 e. The number of sulfone groups is 1. The fourth-order valence-electron chi connectivity index (χ4n) is 4.21. The normalized spacial score (nSPS) is 23.7. The minimum absolute atomic E-state index is 0.0312. The van der Waals surface area contributed by atoms with Crippen LogP contribution < -0.4 is 0 Å². The molecule has 0 bridgehead atoms. The number of hydrogen-bond acceptors (Lipinski definition) is 5. The Morgan fingerprint density at radius 3 is 2.69 bits per heavy atom. The summed E-state index contributed by atoms with van der Waals surface area (Å²) >= 11 is 0. The first-order valence-corrected chi connectivity index (χ1v) is 10.2. The van der Waals surface area contributed by atoms with Crippen LogP contribution in [-0.2, 0) is 16.4 Å². The average molecular weight is 366 g/mol. The van der Waals surface area contributed by atoms with Crippen molar-refractivity contribution in [1.29, 1.82) is 0 Å². The zero-order valence-electron chi connectivity index (χ0n) is 14.1. The molecule has 4 heterocycles. The Morgan fingerprint density at radius 1 is 1.08 bits per heavy atom. The van der Waals surface area contributed by atoms with Gasteiger partial charge in [-0.3, -0.25) is 9.88 Å².